The van der Waals surface area contributed by atoms with Gasteiger partial charge in [-0.1, -0.05) is 0 Å². The summed E-state index contributed by atoms with van der Waals surface area (Å²) in [6.07, 6.45) is -4.76. The van der Waals surface area contributed by atoms with E-state index in [9.17, 15) is 20.1 Å². The Morgan fingerprint density at radius 2 is 1.95 bits per heavy atom. The monoisotopic (exact) mass is 312 g/mol. The van der Waals surface area contributed by atoms with E-state index in [-0.39, 0.29) is 0 Å². The van der Waals surface area contributed by atoms with Crippen LogP contribution in [0.15, 0.2) is 24.3 Å². The van der Waals surface area contributed by atoms with E-state index < -0.39 is 43.2 Å². The Kier molecular flexibility index (Phi) is 5.19. The van der Waals surface area contributed by atoms with Crippen LogP contribution >= 0.6 is 0 Å². The lowest BCUT2D eigenvalue weighted by molar-refractivity contribution is -0.244. The standard InChI is InChI=1S/C14H20N2O6/c1-7(18)16-11-13(20)12(19)10(6-17)22-14(11)21-9-4-2-8(15)3-5-9/h2-5,10-14,17,19-20H,6,15H2,1H3,(H,16,18)/t10-,11-,12-,13-,14+/m1/s1. The van der Waals surface area contributed by atoms with E-state index in [2.05, 4.69) is 5.32 Å². The fourth-order valence-electron chi connectivity index (χ4n) is 2.25. The molecule has 1 aromatic rings. The smallest absolute Gasteiger partial charge is 0.223 e. The van der Waals surface area contributed by atoms with Crippen molar-refractivity contribution in [3.8, 4) is 5.75 Å². The number of aliphatic hydroxyl groups is 3. The topological polar surface area (TPSA) is 134 Å². The maximum absolute atomic E-state index is 11.3. The van der Waals surface area contributed by atoms with Gasteiger partial charge in [-0.25, -0.2) is 0 Å². The van der Waals surface area contributed by atoms with E-state index >= 15 is 0 Å². The van der Waals surface area contributed by atoms with Gasteiger partial charge in [0.05, 0.1) is 6.61 Å². The molecular weight excluding hydrogens is 292 g/mol. The molecule has 1 aromatic carbocycles. The Balaban J connectivity index is 2.18. The predicted molar refractivity (Wildman–Crippen MR) is 76.8 cm³/mol. The number of hydrogen-bond acceptors (Lipinski definition) is 7. The van der Waals surface area contributed by atoms with Crippen LogP contribution in [-0.2, 0) is 9.53 Å². The molecule has 0 saturated carbocycles. The van der Waals surface area contributed by atoms with Crippen molar-refractivity contribution in [3.05, 3.63) is 24.3 Å². The summed E-state index contributed by atoms with van der Waals surface area (Å²) in [5, 5.41) is 31.7. The van der Waals surface area contributed by atoms with Crippen LogP contribution < -0.4 is 15.8 Å². The maximum atomic E-state index is 11.3. The third kappa shape index (κ3) is 3.66. The second kappa shape index (κ2) is 6.93. The molecule has 0 bridgehead atoms. The first-order chi connectivity index (χ1) is 10.4. The number of carbonyl (C=O) groups excluding carboxylic acids is 1. The van der Waals surface area contributed by atoms with Crippen molar-refractivity contribution in [2.24, 2.45) is 0 Å². The number of amides is 1. The van der Waals surface area contributed by atoms with Gasteiger partial charge in [0, 0.05) is 12.6 Å². The van der Waals surface area contributed by atoms with Crippen molar-refractivity contribution >= 4 is 11.6 Å². The first kappa shape index (κ1) is 16.5. The minimum absolute atomic E-state index is 0.409. The first-order valence-electron chi connectivity index (χ1n) is 6.84. The summed E-state index contributed by atoms with van der Waals surface area (Å²) in [7, 11) is 0. The lowest BCUT2D eigenvalue weighted by atomic mass is 9.97. The molecule has 1 heterocycles. The van der Waals surface area contributed by atoms with Crippen LogP contribution in [0.3, 0.4) is 0 Å². The quantitative estimate of drug-likeness (QED) is 0.431. The average molecular weight is 312 g/mol. The Hall–Kier alpha value is -1.87. The number of hydrogen-bond donors (Lipinski definition) is 5. The first-order valence-corrected chi connectivity index (χ1v) is 6.84. The number of aliphatic hydroxyl groups excluding tert-OH is 3. The molecule has 0 aliphatic carbocycles. The Bertz CT molecular complexity index is 509. The molecule has 0 spiro atoms. The van der Waals surface area contributed by atoms with E-state index in [1.165, 1.54) is 6.92 Å². The molecule has 1 aliphatic heterocycles. The molecular formula is C14H20N2O6. The second-order valence-corrected chi connectivity index (χ2v) is 5.12. The molecule has 1 aliphatic rings. The lowest BCUT2D eigenvalue weighted by Gasteiger charge is -2.42. The molecule has 0 unspecified atom stereocenters. The molecule has 0 aromatic heterocycles. The fourth-order valence-corrected chi connectivity index (χ4v) is 2.25. The predicted octanol–water partition coefficient (Wildman–Crippen LogP) is -1.41. The largest absolute Gasteiger partial charge is 0.463 e. The van der Waals surface area contributed by atoms with Crippen molar-refractivity contribution in [2.75, 3.05) is 12.3 Å². The molecule has 22 heavy (non-hydrogen) atoms. The van der Waals surface area contributed by atoms with Gasteiger partial charge < -0.3 is 35.8 Å². The number of anilines is 1. The van der Waals surface area contributed by atoms with Gasteiger partial charge in [0.15, 0.2) is 0 Å². The zero-order valence-electron chi connectivity index (χ0n) is 12.0. The molecule has 122 valence electrons. The highest BCUT2D eigenvalue weighted by Crippen LogP contribution is 2.24. The van der Waals surface area contributed by atoms with E-state index in [0.29, 0.717) is 11.4 Å². The molecule has 0 radical (unpaired) electrons. The van der Waals surface area contributed by atoms with E-state index in [1.807, 2.05) is 0 Å². The van der Waals surface area contributed by atoms with Gasteiger partial charge >= 0.3 is 0 Å². The summed E-state index contributed by atoms with van der Waals surface area (Å²) < 4.78 is 11.0. The molecule has 8 nitrogen and oxygen atoms in total. The number of carbonyl (C=O) groups is 1. The minimum Gasteiger partial charge on any atom is -0.463 e. The fraction of sp³-hybridized carbons (Fsp3) is 0.500. The number of ether oxygens (including phenoxy) is 2. The lowest BCUT2D eigenvalue weighted by Crippen LogP contribution is -2.65. The van der Waals surface area contributed by atoms with Crippen molar-refractivity contribution in [2.45, 2.75) is 37.6 Å². The van der Waals surface area contributed by atoms with Gasteiger partial charge in [0.1, 0.15) is 30.1 Å². The van der Waals surface area contributed by atoms with E-state index in [1.54, 1.807) is 24.3 Å². The normalized spacial score (nSPS) is 31.5. The van der Waals surface area contributed by atoms with Crippen molar-refractivity contribution in [1.82, 2.24) is 5.32 Å². The highest BCUT2D eigenvalue weighted by Gasteiger charge is 2.46. The average Bonchev–Trinajstić information content (AvgIpc) is 2.48. The van der Waals surface area contributed by atoms with E-state index in [4.69, 9.17) is 15.2 Å². The van der Waals surface area contributed by atoms with Crippen LogP contribution in [0.25, 0.3) is 0 Å². The van der Waals surface area contributed by atoms with E-state index in [0.717, 1.165) is 0 Å². The third-order valence-corrected chi connectivity index (χ3v) is 3.38. The molecule has 1 saturated heterocycles. The van der Waals surface area contributed by atoms with Crippen LogP contribution in [0.1, 0.15) is 6.92 Å². The summed E-state index contributed by atoms with van der Waals surface area (Å²) in [4.78, 5) is 11.3. The number of nitrogens with one attached hydrogen (secondary N) is 1. The van der Waals surface area contributed by atoms with Gasteiger partial charge in [-0.2, -0.15) is 0 Å². The molecule has 6 N–H and O–H groups in total. The molecule has 2 rings (SSSR count). The van der Waals surface area contributed by atoms with Gasteiger partial charge in [0.2, 0.25) is 12.2 Å². The SMILES string of the molecule is CC(=O)N[C@H]1[C@@H](Oc2ccc(N)cc2)O[C@H](CO)[C@@H](O)[C@@H]1O. The minimum atomic E-state index is -1.34. The van der Waals surface area contributed by atoms with Crippen LogP contribution in [0.5, 0.6) is 5.75 Å². The number of rotatable bonds is 4. The Morgan fingerprint density at radius 3 is 2.50 bits per heavy atom. The Labute approximate surface area is 127 Å². The zero-order valence-corrected chi connectivity index (χ0v) is 12.0. The molecule has 8 heteroatoms. The highest BCUT2D eigenvalue weighted by molar-refractivity contribution is 5.73. The van der Waals surface area contributed by atoms with Crippen LogP contribution in [-0.4, -0.2) is 58.5 Å². The van der Waals surface area contributed by atoms with Gasteiger partial charge in [-0.05, 0) is 24.3 Å². The molecule has 5 atom stereocenters. The summed E-state index contributed by atoms with van der Waals surface area (Å²) in [5.74, 6) is 0.00281. The van der Waals surface area contributed by atoms with Gasteiger partial charge in [0.25, 0.3) is 0 Å². The van der Waals surface area contributed by atoms with Crippen molar-refractivity contribution in [1.29, 1.82) is 0 Å². The summed E-state index contributed by atoms with van der Waals surface area (Å²) in [5.41, 5.74) is 6.14. The van der Waals surface area contributed by atoms with Crippen LogP contribution in [0.2, 0.25) is 0 Å². The molecule has 1 fully saturated rings. The molecule has 1 amide bonds. The number of benzene rings is 1. The Morgan fingerprint density at radius 1 is 1.32 bits per heavy atom. The van der Waals surface area contributed by atoms with Gasteiger partial charge in [-0.3, -0.25) is 4.79 Å². The number of nitrogens with two attached hydrogens (primary N) is 1. The van der Waals surface area contributed by atoms with Gasteiger partial charge in [-0.15, -0.1) is 0 Å². The summed E-state index contributed by atoms with van der Waals surface area (Å²) in [6, 6.07) is 5.48. The number of nitrogen functional groups attached to an aromatic ring is 1. The third-order valence-electron chi connectivity index (χ3n) is 3.38. The van der Waals surface area contributed by atoms with Crippen LogP contribution in [0, 0.1) is 0 Å². The highest BCUT2D eigenvalue weighted by atomic mass is 16.7. The summed E-state index contributed by atoms with van der Waals surface area (Å²) >= 11 is 0. The zero-order chi connectivity index (χ0) is 16.3. The maximum Gasteiger partial charge on any atom is 0.223 e. The summed E-state index contributed by atoms with van der Waals surface area (Å²) in [6.45, 7) is 0.782. The second-order valence-electron chi connectivity index (χ2n) is 5.12. The van der Waals surface area contributed by atoms with Crippen LogP contribution in [0.4, 0.5) is 5.69 Å². The van der Waals surface area contributed by atoms with Crippen molar-refractivity contribution < 1.29 is 29.6 Å². The van der Waals surface area contributed by atoms with Crippen molar-refractivity contribution in [3.63, 3.8) is 0 Å².